The SMILES string of the molecule is COc1ccc2cc1Oc1ccc(cc1)CC1c3c(cc(OC)c4c3Oc3cc5c(cc3O4)CCN(CCOCCOCCO)C5C2)CCN1C. The van der Waals surface area contributed by atoms with Gasteiger partial charge in [-0.25, -0.2) is 0 Å². The molecule has 7 bridgehead atoms. The molecular weight excluding hydrogens is 648 g/mol. The summed E-state index contributed by atoms with van der Waals surface area (Å²) in [5, 5.41) is 9.00. The highest BCUT2D eigenvalue weighted by Crippen LogP contribution is 2.56. The summed E-state index contributed by atoms with van der Waals surface area (Å²) in [5.41, 5.74) is 7.18. The summed E-state index contributed by atoms with van der Waals surface area (Å²) in [6.45, 7) is 4.40. The molecule has 10 nitrogen and oxygen atoms in total. The molecule has 5 heterocycles. The third-order valence-electron chi connectivity index (χ3n) is 10.6. The number of aliphatic hydroxyl groups excluding tert-OH is 1. The first-order valence-electron chi connectivity index (χ1n) is 17.9. The van der Waals surface area contributed by atoms with E-state index in [-0.39, 0.29) is 18.7 Å². The van der Waals surface area contributed by atoms with Gasteiger partial charge in [0.15, 0.2) is 34.5 Å². The van der Waals surface area contributed by atoms with Gasteiger partial charge in [0, 0.05) is 37.3 Å². The van der Waals surface area contributed by atoms with Crippen molar-refractivity contribution in [3.8, 4) is 46.0 Å². The smallest absolute Gasteiger partial charge is 0.212 e. The van der Waals surface area contributed by atoms with E-state index in [4.69, 9.17) is 38.3 Å². The van der Waals surface area contributed by atoms with Gasteiger partial charge in [-0.3, -0.25) is 9.80 Å². The Morgan fingerprint density at radius 3 is 2.22 bits per heavy atom. The molecule has 5 aliphatic heterocycles. The molecule has 2 unspecified atom stereocenters. The van der Waals surface area contributed by atoms with Crippen LogP contribution in [0, 0.1) is 0 Å². The molecule has 268 valence electrons. The van der Waals surface area contributed by atoms with E-state index in [1.807, 2.05) is 18.2 Å². The molecule has 1 N–H and O–H groups in total. The number of rotatable bonds is 10. The number of hydrogen-bond acceptors (Lipinski definition) is 10. The van der Waals surface area contributed by atoms with Crippen molar-refractivity contribution in [2.75, 3.05) is 73.9 Å². The molecule has 0 aromatic heterocycles. The van der Waals surface area contributed by atoms with Gasteiger partial charge in [0.2, 0.25) is 5.75 Å². The van der Waals surface area contributed by atoms with Crippen molar-refractivity contribution < 1.29 is 38.3 Å². The van der Waals surface area contributed by atoms with E-state index in [9.17, 15) is 0 Å². The molecule has 10 heteroatoms. The average molecular weight is 695 g/mol. The normalized spacial score (nSPS) is 19.1. The molecule has 2 atom stereocenters. The average Bonchev–Trinajstić information content (AvgIpc) is 3.15. The van der Waals surface area contributed by atoms with Crippen molar-refractivity contribution in [3.05, 3.63) is 94.0 Å². The fourth-order valence-corrected chi connectivity index (χ4v) is 7.94. The molecule has 0 radical (unpaired) electrons. The first kappa shape index (κ1) is 33.8. The second-order valence-electron chi connectivity index (χ2n) is 13.6. The Balaban J connectivity index is 1.22. The predicted octanol–water partition coefficient (Wildman–Crippen LogP) is 6.65. The number of fused-ring (bicyclic) bond motifs is 2. The molecule has 0 saturated heterocycles. The molecule has 4 aromatic carbocycles. The Labute approximate surface area is 299 Å². The number of hydrogen-bond donors (Lipinski definition) is 1. The summed E-state index contributed by atoms with van der Waals surface area (Å²) < 4.78 is 43.3. The van der Waals surface area contributed by atoms with E-state index in [0.717, 1.165) is 73.7 Å². The highest BCUT2D eigenvalue weighted by atomic mass is 16.6. The van der Waals surface area contributed by atoms with Crippen LogP contribution in [0.2, 0.25) is 0 Å². The zero-order chi connectivity index (χ0) is 34.9. The van der Waals surface area contributed by atoms with Crippen LogP contribution in [0.5, 0.6) is 46.0 Å². The van der Waals surface area contributed by atoms with Gasteiger partial charge < -0.3 is 38.3 Å². The summed E-state index contributed by atoms with van der Waals surface area (Å²) in [4.78, 5) is 4.91. The molecular formula is C41H46N2O8. The maximum Gasteiger partial charge on any atom is 0.212 e. The van der Waals surface area contributed by atoms with Gasteiger partial charge in [-0.15, -0.1) is 0 Å². The van der Waals surface area contributed by atoms with Crippen LogP contribution in [0.25, 0.3) is 0 Å². The lowest BCUT2D eigenvalue weighted by atomic mass is 9.86. The number of methoxy groups -OCH3 is 2. The summed E-state index contributed by atoms with van der Waals surface area (Å²) in [5.74, 6) is 5.65. The van der Waals surface area contributed by atoms with Gasteiger partial charge in [-0.1, -0.05) is 18.2 Å². The molecule has 0 spiro atoms. The Morgan fingerprint density at radius 2 is 1.41 bits per heavy atom. The zero-order valence-corrected chi connectivity index (χ0v) is 29.6. The lowest BCUT2D eigenvalue weighted by molar-refractivity contribution is 0.0217. The van der Waals surface area contributed by atoms with E-state index in [1.165, 1.54) is 22.3 Å². The topological polar surface area (TPSA) is 91.3 Å². The molecule has 51 heavy (non-hydrogen) atoms. The van der Waals surface area contributed by atoms with E-state index in [1.54, 1.807) is 14.2 Å². The van der Waals surface area contributed by atoms with Gasteiger partial charge in [0.1, 0.15) is 5.75 Å². The van der Waals surface area contributed by atoms with Crippen molar-refractivity contribution in [2.24, 2.45) is 0 Å². The van der Waals surface area contributed by atoms with Crippen LogP contribution in [0.4, 0.5) is 0 Å². The highest BCUT2D eigenvalue weighted by molar-refractivity contribution is 5.67. The quantitative estimate of drug-likeness (QED) is 0.160. The van der Waals surface area contributed by atoms with Gasteiger partial charge >= 0.3 is 0 Å². The summed E-state index contributed by atoms with van der Waals surface area (Å²) in [7, 11) is 5.56. The molecule has 0 saturated carbocycles. The molecule has 4 aromatic rings. The second-order valence-corrected chi connectivity index (χ2v) is 13.6. The highest BCUT2D eigenvalue weighted by Gasteiger charge is 2.37. The Hall–Kier alpha value is -4.32. The van der Waals surface area contributed by atoms with Crippen molar-refractivity contribution in [3.63, 3.8) is 0 Å². The van der Waals surface area contributed by atoms with E-state index >= 15 is 0 Å². The van der Waals surface area contributed by atoms with Crippen molar-refractivity contribution in [1.29, 1.82) is 0 Å². The van der Waals surface area contributed by atoms with Gasteiger partial charge in [0.25, 0.3) is 0 Å². The van der Waals surface area contributed by atoms with Crippen molar-refractivity contribution in [1.82, 2.24) is 9.80 Å². The number of benzene rings is 4. The maximum absolute atomic E-state index is 9.00. The van der Waals surface area contributed by atoms with Crippen LogP contribution >= 0.6 is 0 Å². The molecule has 5 aliphatic rings. The minimum absolute atomic E-state index is 0.0109. The third-order valence-corrected chi connectivity index (χ3v) is 10.6. The zero-order valence-electron chi connectivity index (χ0n) is 29.6. The van der Waals surface area contributed by atoms with E-state index in [0.29, 0.717) is 55.2 Å². The van der Waals surface area contributed by atoms with Crippen LogP contribution in [-0.4, -0.2) is 88.8 Å². The standard InChI is InChI=1S/C41H46N2O8/c1-42-12-10-29-24-38(46-3)40-41-39(29)33(42)20-26-4-7-30(8-5-26)49-35-22-27(6-9-34(35)45-2)21-32-31-25-37(51-41)36(50-40)23-28(31)11-13-43(32)14-16-47-18-19-48-17-15-44/h4-9,22-25,32-33,44H,10-21H2,1-3H3. The van der Waals surface area contributed by atoms with E-state index in [2.05, 4.69) is 59.3 Å². The number of aliphatic hydroxyl groups is 1. The molecule has 9 rings (SSSR count). The number of ether oxygens (including phenoxy) is 7. The van der Waals surface area contributed by atoms with Crippen LogP contribution in [0.3, 0.4) is 0 Å². The summed E-state index contributed by atoms with van der Waals surface area (Å²) >= 11 is 0. The van der Waals surface area contributed by atoms with Crippen LogP contribution in [0.1, 0.15) is 45.5 Å². The largest absolute Gasteiger partial charge is 0.493 e. The lowest BCUT2D eigenvalue weighted by Gasteiger charge is -2.39. The van der Waals surface area contributed by atoms with Crippen LogP contribution in [-0.2, 0) is 35.2 Å². The van der Waals surface area contributed by atoms with E-state index < -0.39 is 0 Å². The molecule has 0 fully saturated rings. The van der Waals surface area contributed by atoms with Crippen molar-refractivity contribution in [2.45, 2.75) is 37.8 Å². The fourth-order valence-electron chi connectivity index (χ4n) is 7.94. The molecule has 0 aliphatic carbocycles. The second kappa shape index (κ2) is 14.7. The minimum atomic E-state index is 0.0109. The minimum Gasteiger partial charge on any atom is -0.493 e. The van der Waals surface area contributed by atoms with Gasteiger partial charge in [-0.05, 0) is 103 Å². The Kier molecular flexibility index (Phi) is 9.76. The first-order chi connectivity index (χ1) is 25.0. The Morgan fingerprint density at radius 1 is 0.686 bits per heavy atom. The van der Waals surface area contributed by atoms with Crippen LogP contribution < -0.4 is 23.7 Å². The summed E-state index contributed by atoms with van der Waals surface area (Å²) in [6.07, 6.45) is 3.31. The fraction of sp³-hybridized carbons (Fsp3) is 0.415. The Bertz CT molecular complexity index is 1880. The van der Waals surface area contributed by atoms with Gasteiger partial charge in [0.05, 0.1) is 47.3 Å². The van der Waals surface area contributed by atoms with Crippen LogP contribution in [0.15, 0.2) is 60.7 Å². The number of likely N-dealkylation sites (N-methyl/N-ethyl adjacent to an activating group) is 1. The first-order valence-corrected chi connectivity index (χ1v) is 17.9. The predicted molar refractivity (Wildman–Crippen MR) is 192 cm³/mol. The maximum atomic E-state index is 9.00. The lowest BCUT2D eigenvalue weighted by Crippen LogP contribution is -2.39. The van der Waals surface area contributed by atoms with Gasteiger partial charge in [-0.2, -0.15) is 0 Å². The summed E-state index contributed by atoms with van der Waals surface area (Å²) in [6, 6.07) is 21.2. The monoisotopic (exact) mass is 694 g/mol. The number of nitrogens with zero attached hydrogens (tertiary/aromatic N) is 2. The molecule has 0 amide bonds. The van der Waals surface area contributed by atoms with Crippen molar-refractivity contribution >= 4 is 0 Å². The third kappa shape index (κ3) is 6.74.